The van der Waals surface area contributed by atoms with Gasteiger partial charge in [-0.25, -0.2) is 4.98 Å². The predicted molar refractivity (Wildman–Crippen MR) is 112 cm³/mol. The number of aromatic nitrogens is 2. The maximum Gasteiger partial charge on any atom is 0.222 e. The van der Waals surface area contributed by atoms with Gasteiger partial charge >= 0.3 is 0 Å². The number of allylic oxidation sites excluding steroid dienone is 1. The molecule has 27 heavy (non-hydrogen) atoms. The van der Waals surface area contributed by atoms with E-state index in [1.807, 2.05) is 19.9 Å². The van der Waals surface area contributed by atoms with Crippen molar-refractivity contribution in [2.45, 2.75) is 53.9 Å². The lowest BCUT2D eigenvalue weighted by Crippen LogP contribution is -2.10. The first-order valence-corrected chi connectivity index (χ1v) is 9.68. The van der Waals surface area contributed by atoms with Crippen LogP contribution in [0.4, 0.5) is 0 Å². The fourth-order valence-corrected chi connectivity index (χ4v) is 3.44. The molecule has 0 unspecified atom stereocenters. The van der Waals surface area contributed by atoms with Gasteiger partial charge in [0.15, 0.2) is 0 Å². The van der Waals surface area contributed by atoms with Crippen LogP contribution in [0.1, 0.15) is 62.5 Å². The fourth-order valence-electron chi connectivity index (χ4n) is 3.44. The van der Waals surface area contributed by atoms with Crippen LogP contribution in [0.15, 0.2) is 24.3 Å². The zero-order chi connectivity index (χ0) is 20.1. The molecule has 2 aromatic rings. The molecule has 0 spiro atoms. The van der Waals surface area contributed by atoms with Crippen molar-refractivity contribution in [3.8, 4) is 17.1 Å². The molecule has 2 heterocycles. The highest BCUT2D eigenvalue weighted by Crippen LogP contribution is 2.35. The molecule has 146 valence electrons. The molecule has 0 aromatic carbocycles. The number of aliphatic hydroxyl groups is 1. The molecule has 0 aliphatic heterocycles. The number of hydrogen-bond acceptors (Lipinski definition) is 4. The smallest absolute Gasteiger partial charge is 0.222 e. The number of methoxy groups -OCH3 is 1. The summed E-state index contributed by atoms with van der Waals surface area (Å²) in [5.74, 6) is 1.08. The van der Waals surface area contributed by atoms with Crippen molar-refractivity contribution in [2.24, 2.45) is 5.92 Å². The SMILES string of the molecule is C/C=C(\c1cc(C)c(-c2ccc(C(C)C)nc2OC)nc1C)[C@H](CC)CO. The Hall–Kier alpha value is -2.20. The zero-order valence-corrected chi connectivity index (χ0v) is 17.6. The Morgan fingerprint density at radius 2 is 1.93 bits per heavy atom. The molecular formula is C23H32N2O2. The summed E-state index contributed by atoms with van der Waals surface area (Å²) in [6.07, 6.45) is 2.98. The Morgan fingerprint density at radius 3 is 2.44 bits per heavy atom. The van der Waals surface area contributed by atoms with Crippen LogP contribution in [0.2, 0.25) is 0 Å². The van der Waals surface area contributed by atoms with Gasteiger partial charge in [0.05, 0.1) is 18.4 Å². The second kappa shape index (κ2) is 9.14. The van der Waals surface area contributed by atoms with Gasteiger partial charge < -0.3 is 9.84 Å². The van der Waals surface area contributed by atoms with Crippen molar-refractivity contribution < 1.29 is 9.84 Å². The third kappa shape index (κ3) is 4.38. The van der Waals surface area contributed by atoms with Crippen molar-refractivity contribution in [3.05, 3.63) is 46.8 Å². The number of rotatable bonds is 7. The monoisotopic (exact) mass is 368 g/mol. The Labute approximate surface area is 163 Å². The summed E-state index contributed by atoms with van der Waals surface area (Å²) in [6, 6.07) is 6.26. The van der Waals surface area contributed by atoms with Crippen molar-refractivity contribution in [1.82, 2.24) is 9.97 Å². The van der Waals surface area contributed by atoms with E-state index in [9.17, 15) is 5.11 Å². The van der Waals surface area contributed by atoms with E-state index in [0.29, 0.717) is 11.8 Å². The van der Waals surface area contributed by atoms with E-state index >= 15 is 0 Å². The molecule has 2 rings (SSSR count). The highest BCUT2D eigenvalue weighted by atomic mass is 16.5. The van der Waals surface area contributed by atoms with Crippen LogP contribution < -0.4 is 4.74 Å². The summed E-state index contributed by atoms with van der Waals surface area (Å²) in [5, 5.41) is 9.73. The maximum atomic E-state index is 9.73. The lowest BCUT2D eigenvalue weighted by Gasteiger charge is -2.20. The average molecular weight is 369 g/mol. The number of pyridine rings is 2. The van der Waals surface area contributed by atoms with Gasteiger partial charge in [0, 0.05) is 23.9 Å². The quantitative estimate of drug-likeness (QED) is 0.719. The van der Waals surface area contributed by atoms with Gasteiger partial charge in [-0.1, -0.05) is 26.8 Å². The predicted octanol–water partition coefficient (Wildman–Crippen LogP) is 5.31. The first-order valence-electron chi connectivity index (χ1n) is 9.68. The molecule has 2 aromatic heterocycles. The average Bonchev–Trinajstić information content (AvgIpc) is 2.67. The normalized spacial score (nSPS) is 13.1. The summed E-state index contributed by atoms with van der Waals surface area (Å²) in [7, 11) is 1.65. The van der Waals surface area contributed by atoms with Crippen molar-refractivity contribution in [1.29, 1.82) is 0 Å². The van der Waals surface area contributed by atoms with E-state index in [1.54, 1.807) is 7.11 Å². The van der Waals surface area contributed by atoms with Crippen LogP contribution in [-0.4, -0.2) is 28.8 Å². The van der Waals surface area contributed by atoms with Crippen LogP contribution in [0.5, 0.6) is 5.88 Å². The first kappa shape index (κ1) is 21.1. The molecule has 4 heteroatoms. The largest absolute Gasteiger partial charge is 0.480 e. The van der Waals surface area contributed by atoms with E-state index in [0.717, 1.165) is 45.8 Å². The highest BCUT2D eigenvalue weighted by Gasteiger charge is 2.19. The van der Waals surface area contributed by atoms with Crippen LogP contribution in [0, 0.1) is 19.8 Å². The molecule has 0 saturated carbocycles. The van der Waals surface area contributed by atoms with E-state index < -0.39 is 0 Å². The van der Waals surface area contributed by atoms with Gasteiger partial charge in [0.25, 0.3) is 0 Å². The van der Waals surface area contributed by atoms with E-state index in [2.05, 4.69) is 50.9 Å². The third-order valence-electron chi connectivity index (χ3n) is 5.10. The second-order valence-electron chi connectivity index (χ2n) is 7.27. The molecule has 0 aliphatic carbocycles. The minimum Gasteiger partial charge on any atom is -0.480 e. The summed E-state index contributed by atoms with van der Waals surface area (Å²) < 4.78 is 5.56. The van der Waals surface area contributed by atoms with E-state index in [1.165, 1.54) is 0 Å². The number of aliphatic hydroxyl groups excluding tert-OH is 1. The van der Waals surface area contributed by atoms with E-state index in [-0.39, 0.29) is 12.5 Å². The molecule has 0 bridgehead atoms. The number of nitrogens with zero attached hydrogens (tertiary/aromatic N) is 2. The molecule has 1 atom stereocenters. The van der Waals surface area contributed by atoms with Gasteiger partial charge in [0.2, 0.25) is 5.88 Å². The standard InChI is InChI=1S/C23H32N2O2/c1-8-17(13-26)18(9-2)20-12-15(5)22(24-16(20)6)19-10-11-21(14(3)4)25-23(19)27-7/h9-12,14,17,26H,8,13H2,1-7H3/b18-9-/t17-/m1/s1. The third-order valence-corrected chi connectivity index (χ3v) is 5.10. The highest BCUT2D eigenvalue weighted by molar-refractivity contribution is 5.74. The van der Waals surface area contributed by atoms with Gasteiger partial charge in [-0.3, -0.25) is 4.98 Å². The molecule has 0 amide bonds. The van der Waals surface area contributed by atoms with E-state index in [4.69, 9.17) is 9.72 Å². The molecule has 0 fully saturated rings. The van der Waals surface area contributed by atoms with Crippen LogP contribution in [0.25, 0.3) is 16.8 Å². The van der Waals surface area contributed by atoms with Crippen LogP contribution in [0.3, 0.4) is 0 Å². The molecule has 0 radical (unpaired) electrons. The molecular weight excluding hydrogens is 336 g/mol. The Balaban J connectivity index is 2.58. The first-order chi connectivity index (χ1) is 12.9. The summed E-state index contributed by atoms with van der Waals surface area (Å²) in [4.78, 5) is 9.56. The van der Waals surface area contributed by atoms with Crippen LogP contribution in [-0.2, 0) is 0 Å². The summed E-state index contributed by atoms with van der Waals surface area (Å²) >= 11 is 0. The second-order valence-corrected chi connectivity index (χ2v) is 7.27. The number of ether oxygens (including phenoxy) is 1. The Morgan fingerprint density at radius 1 is 1.22 bits per heavy atom. The molecule has 0 saturated heterocycles. The minimum atomic E-state index is 0.127. The summed E-state index contributed by atoms with van der Waals surface area (Å²) in [5.41, 5.74) is 7.08. The van der Waals surface area contributed by atoms with Crippen molar-refractivity contribution in [2.75, 3.05) is 13.7 Å². The minimum absolute atomic E-state index is 0.127. The van der Waals surface area contributed by atoms with Gasteiger partial charge in [-0.05, 0) is 68.0 Å². The number of aryl methyl sites for hydroxylation is 2. The lowest BCUT2D eigenvalue weighted by molar-refractivity contribution is 0.254. The Kier molecular flexibility index (Phi) is 7.14. The van der Waals surface area contributed by atoms with Gasteiger partial charge in [-0.15, -0.1) is 0 Å². The topological polar surface area (TPSA) is 55.2 Å². The van der Waals surface area contributed by atoms with Crippen molar-refractivity contribution >= 4 is 5.57 Å². The fraction of sp³-hybridized carbons (Fsp3) is 0.478. The van der Waals surface area contributed by atoms with Crippen LogP contribution >= 0.6 is 0 Å². The zero-order valence-electron chi connectivity index (χ0n) is 17.6. The molecule has 4 nitrogen and oxygen atoms in total. The summed E-state index contributed by atoms with van der Waals surface area (Å²) in [6.45, 7) is 12.6. The molecule has 1 N–H and O–H groups in total. The van der Waals surface area contributed by atoms with Gasteiger partial charge in [-0.2, -0.15) is 0 Å². The number of hydrogen-bond donors (Lipinski definition) is 1. The molecule has 0 aliphatic rings. The maximum absolute atomic E-state index is 9.73. The Bertz CT molecular complexity index is 821. The van der Waals surface area contributed by atoms with Crippen molar-refractivity contribution in [3.63, 3.8) is 0 Å². The van der Waals surface area contributed by atoms with Gasteiger partial charge in [0.1, 0.15) is 0 Å². The lowest BCUT2D eigenvalue weighted by atomic mass is 9.88.